The van der Waals surface area contributed by atoms with E-state index >= 15 is 0 Å². The third-order valence-electron chi connectivity index (χ3n) is 5.01. The van der Waals surface area contributed by atoms with Crippen molar-refractivity contribution in [2.24, 2.45) is 0 Å². The highest BCUT2D eigenvalue weighted by atomic mass is 19.1. The van der Waals surface area contributed by atoms with Gasteiger partial charge < -0.3 is 19.7 Å². The maximum atomic E-state index is 13.3. The number of carbonyl (C=O) groups is 2. The molecule has 2 rings (SSSR count). The van der Waals surface area contributed by atoms with Crippen molar-refractivity contribution in [3.05, 3.63) is 59.9 Å². The molecule has 180 valence electrons. The van der Waals surface area contributed by atoms with Crippen LogP contribution in [0.1, 0.15) is 52.5 Å². The first-order valence-corrected chi connectivity index (χ1v) is 11.3. The minimum atomic E-state index is -0.621. The van der Waals surface area contributed by atoms with Crippen LogP contribution >= 0.6 is 0 Å². The average molecular weight is 459 g/mol. The lowest BCUT2D eigenvalue weighted by atomic mass is 10.0. The first-order chi connectivity index (χ1) is 15.6. The van der Waals surface area contributed by atoms with E-state index in [1.165, 1.54) is 12.1 Å². The number of nitrogens with zero attached hydrogens (tertiary/aromatic N) is 1. The molecule has 2 aromatic carbocycles. The predicted octanol–water partition coefficient (Wildman–Crippen LogP) is 4.72. The molecule has 0 fully saturated rings. The van der Waals surface area contributed by atoms with Gasteiger partial charge in [0, 0.05) is 18.5 Å². The number of hydrogen-bond acceptors (Lipinski definition) is 4. The van der Waals surface area contributed by atoms with Gasteiger partial charge in [-0.2, -0.15) is 0 Å². The van der Waals surface area contributed by atoms with Crippen LogP contribution in [0, 0.1) is 5.82 Å². The number of benzene rings is 2. The van der Waals surface area contributed by atoms with Crippen LogP contribution in [0.4, 0.5) is 4.39 Å². The second-order valence-electron chi connectivity index (χ2n) is 8.94. The second-order valence-corrected chi connectivity index (χ2v) is 8.94. The normalized spacial score (nSPS) is 12.1. The van der Waals surface area contributed by atoms with Crippen LogP contribution in [0.2, 0.25) is 0 Å². The maximum Gasteiger partial charge on any atom is 0.243 e. The summed E-state index contributed by atoms with van der Waals surface area (Å²) < 4.78 is 24.2. The van der Waals surface area contributed by atoms with Crippen molar-refractivity contribution in [3.8, 4) is 11.5 Å². The highest BCUT2D eigenvalue weighted by molar-refractivity contribution is 5.88. The van der Waals surface area contributed by atoms with E-state index in [1.807, 2.05) is 52.0 Å². The third-order valence-corrected chi connectivity index (χ3v) is 5.01. The quantitative estimate of drug-likeness (QED) is 0.495. The molecule has 0 saturated heterocycles. The van der Waals surface area contributed by atoms with E-state index in [1.54, 1.807) is 24.1 Å². The standard InChI is InChI=1S/C26H35FN2O4/c1-6-23(25(31)28-26(2,3)4)29(18-19-9-11-20(27)12-10-19)24(30)8-7-17-33-22-15-13-21(32-5)14-16-22/h9-16,23H,6-8,17-18H2,1-5H3,(H,28,31)/t23-/m1/s1. The summed E-state index contributed by atoms with van der Waals surface area (Å²) in [5, 5.41) is 2.97. The summed E-state index contributed by atoms with van der Waals surface area (Å²) in [5.41, 5.74) is 0.350. The minimum Gasteiger partial charge on any atom is -0.497 e. The highest BCUT2D eigenvalue weighted by Crippen LogP contribution is 2.18. The number of halogens is 1. The second kappa shape index (κ2) is 12.2. The fourth-order valence-electron chi connectivity index (χ4n) is 3.39. The molecular formula is C26H35FN2O4. The fraction of sp³-hybridized carbons (Fsp3) is 0.462. The van der Waals surface area contributed by atoms with E-state index < -0.39 is 11.6 Å². The molecule has 0 aliphatic carbocycles. The number of ether oxygens (including phenoxy) is 2. The molecule has 0 bridgehead atoms. The zero-order chi connectivity index (χ0) is 24.4. The average Bonchev–Trinajstić information content (AvgIpc) is 2.77. The zero-order valence-electron chi connectivity index (χ0n) is 20.2. The van der Waals surface area contributed by atoms with Crippen LogP contribution in [0.5, 0.6) is 11.5 Å². The number of carbonyl (C=O) groups excluding carboxylic acids is 2. The van der Waals surface area contributed by atoms with Gasteiger partial charge >= 0.3 is 0 Å². The van der Waals surface area contributed by atoms with E-state index in [-0.39, 0.29) is 30.6 Å². The van der Waals surface area contributed by atoms with Gasteiger partial charge in [0.15, 0.2) is 0 Å². The summed E-state index contributed by atoms with van der Waals surface area (Å²) in [6.07, 6.45) is 1.20. The van der Waals surface area contributed by atoms with Gasteiger partial charge in [-0.3, -0.25) is 9.59 Å². The molecule has 0 spiro atoms. The number of rotatable bonds is 11. The van der Waals surface area contributed by atoms with Crippen molar-refractivity contribution in [2.45, 2.75) is 65.1 Å². The summed E-state index contributed by atoms with van der Waals surface area (Å²) in [4.78, 5) is 27.7. The van der Waals surface area contributed by atoms with Gasteiger partial charge in [0.25, 0.3) is 0 Å². The van der Waals surface area contributed by atoms with Gasteiger partial charge in [0.05, 0.1) is 13.7 Å². The lowest BCUT2D eigenvalue weighted by molar-refractivity contribution is -0.142. The summed E-state index contributed by atoms with van der Waals surface area (Å²) in [6.45, 7) is 8.19. The molecule has 0 unspecified atom stereocenters. The predicted molar refractivity (Wildman–Crippen MR) is 127 cm³/mol. The summed E-state index contributed by atoms with van der Waals surface area (Å²) in [5.74, 6) is 0.754. The molecule has 2 amide bonds. The summed E-state index contributed by atoms with van der Waals surface area (Å²) in [7, 11) is 1.60. The molecule has 0 radical (unpaired) electrons. The third kappa shape index (κ3) is 8.75. The van der Waals surface area contributed by atoms with E-state index in [4.69, 9.17) is 9.47 Å². The van der Waals surface area contributed by atoms with E-state index in [2.05, 4.69) is 5.32 Å². The Hall–Kier alpha value is -3.09. The van der Waals surface area contributed by atoms with Crippen molar-refractivity contribution in [1.82, 2.24) is 10.2 Å². The van der Waals surface area contributed by atoms with Gasteiger partial charge in [-0.05, 0) is 75.6 Å². The SMILES string of the molecule is CC[C@H](C(=O)NC(C)(C)C)N(Cc1ccc(F)cc1)C(=O)CCCOc1ccc(OC)cc1. The molecule has 6 nitrogen and oxygen atoms in total. The first-order valence-electron chi connectivity index (χ1n) is 11.3. The Morgan fingerprint density at radius 2 is 1.64 bits per heavy atom. The smallest absolute Gasteiger partial charge is 0.243 e. The molecule has 0 aliphatic heterocycles. The van der Waals surface area contributed by atoms with Crippen molar-refractivity contribution in [3.63, 3.8) is 0 Å². The molecular weight excluding hydrogens is 423 g/mol. The van der Waals surface area contributed by atoms with Crippen LogP contribution in [-0.2, 0) is 16.1 Å². The van der Waals surface area contributed by atoms with Gasteiger partial charge in [0.1, 0.15) is 23.4 Å². The van der Waals surface area contributed by atoms with Crippen molar-refractivity contribution >= 4 is 11.8 Å². The highest BCUT2D eigenvalue weighted by Gasteiger charge is 2.30. The largest absolute Gasteiger partial charge is 0.497 e. The molecule has 2 aromatic rings. The van der Waals surface area contributed by atoms with Crippen LogP contribution in [0.15, 0.2) is 48.5 Å². The van der Waals surface area contributed by atoms with Crippen LogP contribution in [0.3, 0.4) is 0 Å². The Bertz CT molecular complexity index is 892. The topological polar surface area (TPSA) is 67.9 Å². The van der Waals surface area contributed by atoms with Crippen molar-refractivity contribution in [2.75, 3.05) is 13.7 Å². The molecule has 0 heterocycles. The molecule has 1 N–H and O–H groups in total. The zero-order valence-corrected chi connectivity index (χ0v) is 20.2. The molecule has 0 aromatic heterocycles. The number of nitrogens with one attached hydrogen (secondary N) is 1. The molecule has 1 atom stereocenters. The molecule has 7 heteroatoms. The van der Waals surface area contributed by atoms with E-state index in [0.29, 0.717) is 25.2 Å². The van der Waals surface area contributed by atoms with Gasteiger partial charge in [0.2, 0.25) is 11.8 Å². The lowest BCUT2D eigenvalue weighted by Crippen LogP contribution is -2.53. The summed E-state index contributed by atoms with van der Waals surface area (Å²) in [6, 6.07) is 12.6. The summed E-state index contributed by atoms with van der Waals surface area (Å²) >= 11 is 0. The van der Waals surface area contributed by atoms with Crippen molar-refractivity contribution in [1.29, 1.82) is 0 Å². The molecule has 33 heavy (non-hydrogen) atoms. The number of methoxy groups -OCH3 is 1. The first kappa shape index (κ1) is 26.2. The molecule has 0 saturated carbocycles. The number of amides is 2. The Morgan fingerprint density at radius 1 is 1.03 bits per heavy atom. The number of hydrogen-bond donors (Lipinski definition) is 1. The van der Waals surface area contributed by atoms with E-state index in [9.17, 15) is 14.0 Å². The Morgan fingerprint density at radius 3 is 2.18 bits per heavy atom. The Balaban J connectivity index is 2.05. The Labute approximate surface area is 196 Å². The molecule has 0 aliphatic rings. The van der Waals surface area contributed by atoms with Crippen molar-refractivity contribution < 1.29 is 23.5 Å². The van der Waals surface area contributed by atoms with E-state index in [0.717, 1.165) is 11.3 Å². The van der Waals surface area contributed by atoms with Crippen LogP contribution < -0.4 is 14.8 Å². The van der Waals surface area contributed by atoms with Gasteiger partial charge in [-0.25, -0.2) is 4.39 Å². The van der Waals surface area contributed by atoms with Gasteiger partial charge in [-0.1, -0.05) is 19.1 Å². The lowest BCUT2D eigenvalue weighted by Gasteiger charge is -2.33. The van der Waals surface area contributed by atoms with Crippen LogP contribution in [-0.4, -0.2) is 42.0 Å². The Kier molecular flexibility index (Phi) is 9.70. The minimum absolute atomic E-state index is 0.145. The van der Waals surface area contributed by atoms with Gasteiger partial charge in [-0.15, -0.1) is 0 Å². The monoisotopic (exact) mass is 458 g/mol. The maximum absolute atomic E-state index is 13.3. The van der Waals surface area contributed by atoms with Crippen LogP contribution in [0.25, 0.3) is 0 Å². The fourth-order valence-corrected chi connectivity index (χ4v) is 3.39.